The van der Waals surface area contributed by atoms with Crippen molar-refractivity contribution in [1.29, 1.82) is 0 Å². The van der Waals surface area contributed by atoms with E-state index in [0.29, 0.717) is 30.0 Å². The van der Waals surface area contributed by atoms with Gasteiger partial charge in [-0.2, -0.15) is 0 Å². The standard InChI is InChI=1S/C17H24N2O5S/c1-10(2)4-5-22-7-11-6-17(13(20)23-11)9-16(3,24-14(17)21)12-8-25-15(18)19-12/h8,10-11H,4-7,9H2,1-3H3,(H2,18,19)/t11-,16+,17+/m1/s1. The van der Waals surface area contributed by atoms with Gasteiger partial charge in [0.05, 0.1) is 12.3 Å². The Morgan fingerprint density at radius 3 is 2.84 bits per heavy atom. The van der Waals surface area contributed by atoms with Gasteiger partial charge >= 0.3 is 11.9 Å². The third kappa shape index (κ3) is 3.37. The van der Waals surface area contributed by atoms with Gasteiger partial charge in [0, 0.05) is 24.8 Å². The van der Waals surface area contributed by atoms with Crippen molar-refractivity contribution in [1.82, 2.24) is 4.98 Å². The number of aromatic nitrogens is 1. The number of thiazole rings is 1. The van der Waals surface area contributed by atoms with Crippen molar-refractivity contribution in [2.24, 2.45) is 11.3 Å². The Morgan fingerprint density at radius 2 is 2.20 bits per heavy atom. The zero-order chi connectivity index (χ0) is 18.2. The maximum atomic E-state index is 12.5. The molecule has 2 saturated heterocycles. The third-order valence-electron chi connectivity index (χ3n) is 4.80. The molecule has 0 aliphatic carbocycles. The van der Waals surface area contributed by atoms with Crippen LogP contribution in [0.3, 0.4) is 0 Å². The Balaban J connectivity index is 1.67. The van der Waals surface area contributed by atoms with E-state index in [2.05, 4.69) is 18.8 Å². The second kappa shape index (κ2) is 6.57. The monoisotopic (exact) mass is 368 g/mol. The molecule has 2 fully saturated rings. The van der Waals surface area contributed by atoms with Crippen molar-refractivity contribution in [3.63, 3.8) is 0 Å². The van der Waals surface area contributed by atoms with Crippen LogP contribution in [-0.4, -0.2) is 36.2 Å². The van der Waals surface area contributed by atoms with Gasteiger partial charge in [-0.05, 0) is 19.3 Å². The van der Waals surface area contributed by atoms with E-state index in [9.17, 15) is 9.59 Å². The Hall–Kier alpha value is -1.67. The van der Waals surface area contributed by atoms with E-state index in [-0.39, 0.29) is 12.8 Å². The summed E-state index contributed by atoms with van der Waals surface area (Å²) in [5.41, 5.74) is 4.03. The van der Waals surface area contributed by atoms with Crippen LogP contribution in [0.25, 0.3) is 0 Å². The van der Waals surface area contributed by atoms with Gasteiger partial charge in [-0.15, -0.1) is 11.3 Å². The van der Waals surface area contributed by atoms with Crippen LogP contribution in [0.4, 0.5) is 5.13 Å². The first-order valence-corrected chi connectivity index (χ1v) is 9.37. The fraction of sp³-hybridized carbons (Fsp3) is 0.706. The van der Waals surface area contributed by atoms with E-state index in [0.717, 1.165) is 6.42 Å². The summed E-state index contributed by atoms with van der Waals surface area (Å²) in [6.45, 7) is 6.91. The van der Waals surface area contributed by atoms with Gasteiger partial charge in [-0.25, -0.2) is 4.98 Å². The molecule has 0 unspecified atom stereocenters. The molecule has 0 saturated carbocycles. The predicted molar refractivity (Wildman–Crippen MR) is 91.8 cm³/mol. The Morgan fingerprint density at radius 1 is 1.44 bits per heavy atom. The normalized spacial score (nSPS) is 31.8. The molecule has 25 heavy (non-hydrogen) atoms. The van der Waals surface area contributed by atoms with Crippen molar-refractivity contribution < 1.29 is 23.8 Å². The lowest BCUT2D eigenvalue weighted by Crippen LogP contribution is -2.32. The first-order chi connectivity index (χ1) is 11.7. The SMILES string of the molecule is CC(C)CCOC[C@H]1C[C@]2(C[C@@](C)(c3csc(N)n3)OC2=O)C(=O)O1. The minimum absolute atomic E-state index is 0.212. The van der Waals surface area contributed by atoms with Gasteiger partial charge in [-0.1, -0.05) is 13.8 Å². The number of esters is 2. The summed E-state index contributed by atoms with van der Waals surface area (Å²) in [5, 5.41) is 2.16. The molecule has 7 nitrogen and oxygen atoms in total. The second-order valence-corrected chi connectivity index (χ2v) is 8.33. The summed E-state index contributed by atoms with van der Waals surface area (Å²) >= 11 is 1.28. The smallest absolute Gasteiger partial charge is 0.324 e. The number of anilines is 1. The van der Waals surface area contributed by atoms with E-state index >= 15 is 0 Å². The van der Waals surface area contributed by atoms with Crippen LogP contribution in [0.2, 0.25) is 0 Å². The number of nitrogens with two attached hydrogens (primary N) is 1. The Bertz CT molecular complexity index is 676. The molecule has 1 spiro atoms. The summed E-state index contributed by atoms with van der Waals surface area (Å²) in [6.07, 6.45) is 1.01. The number of hydrogen-bond donors (Lipinski definition) is 1. The minimum atomic E-state index is -1.26. The highest BCUT2D eigenvalue weighted by molar-refractivity contribution is 7.13. The number of hydrogen-bond acceptors (Lipinski definition) is 8. The van der Waals surface area contributed by atoms with Crippen molar-refractivity contribution in [3.05, 3.63) is 11.1 Å². The Kier molecular flexibility index (Phi) is 4.76. The number of rotatable bonds is 6. The Labute approximate surface area is 150 Å². The van der Waals surface area contributed by atoms with Crippen LogP contribution >= 0.6 is 11.3 Å². The minimum Gasteiger partial charge on any atom is -0.459 e. The fourth-order valence-corrected chi connectivity index (χ4v) is 4.06. The van der Waals surface area contributed by atoms with Crippen LogP contribution in [0.15, 0.2) is 5.38 Å². The van der Waals surface area contributed by atoms with Crippen LogP contribution in [0.5, 0.6) is 0 Å². The summed E-state index contributed by atoms with van der Waals surface area (Å²) in [7, 11) is 0. The van der Waals surface area contributed by atoms with Gasteiger partial charge in [0.15, 0.2) is 16.1 Å². The summed E-state index contributed by atoms with van der Waals surface area (Å²) in [4.78, 5) is 29.2. The molecule has 0 bridgehead atoms. The van der Waals surface area contributed by atoms with Gasteiger partial charge in [-0.3, -0.25) is 9.59 Å². The highest BCUT2D eigenvalue weighted by atomic mass is 32.1. The highest BCUT2D eigenvalue weighted by Gasteiger charge is 2.65. The van der Waals surface area contributed by atoms with Crippen LogP contribution in [0.1, 0.15) is 45.7 Å². The molecule has 3 heterocycles. The number of carbonyl (C=O) groups excluding carboxylic acids is 2. The fourth-order valence-electron chi connectivity index (χ4n) is 3.38. The number of carbonyl (C=O) groups is 2. The lowest BCUT2D eigenvalue weighted by atomic mass is 9.78. The first-order valence-electron chi connectivity index (χ1n) is 8.49. The summed E-state index contributed by atoms with van der Waals surface area (Å²) in [5.74, 6) is -0.522. The van der Waals surface area contributed by atoms with Crippen molar-refractivity contribution in [3.8, 4) is 0 Å². The zero-order valence-corrected chi connectivity index (χ0v) is 15.6. The largest absolute Gasteiger partial charge is 0.459 e. The topological polar surface area (TPSA) is 101 Å². The van der Waals surface area contributed by atoms with E-state index in [1.54, 1.807) is 12.3 Å². The molecule has 2 aliphatic heterocycles. The van der Waals surface area contributed by atoms with Gasteiger partial charge in [0.2, 0.25) is 0 Å². The molecule has 8 heteroatoms. The number of nitrogen functional groups attached to an aromatic ring is 1. The van der Waals surface area contributed by atoms with E-state index in [1.807, 2.05) is 0 Å². The second-order valence-electron chi connectivity index (χ2n) is 7.44. The third-order valence-corrected chi connectivity index (χ3v) is 5.47. The molecule has 1 aromatic heterocycles. The van der Waals surface area contributed by atoms with Gasteiger partial charge in [0.1, 0.15) is 6.10 Å². The molecular weight excluding hydrogens is 344 g/mol. The van der Waals surface area contributed by atoms with Crippen LogP contribution in [-0.2, 0) is 29.4 Å². The van der Waals surface area contributed by atoms with Crippen LogP contribution in [0, 0.1) is 11.3 Å². The molecule has 2 N–H and O–H groups in total. The highest BCUT2D eigenvalue weighted by Crippen LogP contribution is 2.52. The lowest BCUT2D eigenvalue weighted by Gasteiger charge is -2.20. The van der Waals surface area contributed by atoms with E-state index < -0.39 is 29.1 Å². The van der Waals surface area contributed by atoms with E-state index in [4.69, 9.17) is 19.9 Å². The molecule has 0 amide bonds. The van der Waals surface area contributed by atoms with E-state index in [1.165, 1.54) is 11.3 Å². The summed E-state index contributed by atoms with van der Waals surface area (Å²) < 4.78 is 16.6. The molecule has 138 valence electrons. The van der Waals surface area contributed by atoms with Crippen molar-refractivity contribution in [2.75, 3.05) is 18.9 Å². The number of cyclic esters (lactones) is 2. The van der Waals surface area contributed by atoms with Gasteiger partial charge in [0.25, 0.3) is 0 Å². The van der Waals surface area contributed by atoms with Crippen molar-refractivity contribution in [2.45, 2.75) is 51.7 Å². The maximum Gasteiger partial charge on any atom is 0.324 e. The number of nitrogens with zero attached hydrogens (tertiary/aromatic N) is 1. The first kappa shape index (κ1) is 18.1. The maximum absolute atomic E-state index is 12.5. The molecule has 3 rings (SSSR count). The average Bonchev–Trinajstić information content (AvgIpc) is 3.16. The molecule has 2 aliphatic rings. The lowest BCUT2D eigenvalue weighted by molar-refractivity contribution is -0.160. The molecule has 0 aromatic carbocycles. The predicted octanol–water partition coefficient (Wildman–Crippen LogP) is 2.25. The zero-order valence-electron chi connectivity index (χ0n) is 14.7. The average molecular weight is 368 g/mol. The molecule has 3 atom stereocenters. The molecule has 0 radical (unpaired) electrons. The molecule has 1 aromatic rings. The quantitative estimate of drug-likeness (QED) is 0.467. The van der Waals surface area contributed by atoms with Crippen LogP contribution < -0.4 is 5.73 Å². The van der Waals surface area contributed by atoms with Crippen molar-refractivity contribution >= 4 is 28.4 Å². The molecular formula is C17H24N2O5S. The van der Waals surface area contributed by atoms with Gasteiger partial charge < -0.3 is 19.9 Å². The summed E-state index contributed by atoms with van der Waals surface area (Å²) in [6, 6.07) is 0. The number of ether oxygens (including phenoxy) is 3.